The van der Waals surface area contributed by atoms with Crippen LogP contribution in [0, 0.1) is 0 Å². The molecule has 10 heteroatoms. The number of imidazole rings is 1. The van der Waals surface area contributed by atoms with Crippen LogP contribution in [0.3, 0.4) is 0 Å². The number of fused-ring (bicyclic) bond motifs is 1. The molecular weight excluding hydrogens is 430 g/mol. The minimum Gasteiger partial charge on any atom is -0.443 e. The Morgan fingerprint density at radius 2 is 1.61 bits per heavy atom. The highest BCUT2D eigenvalue weighted by Crippen LogP contribution is 2.25. The number of carbonyl (C=O) groups is 2. The van der Waals surface area contributed by atoms with Gasteiger partial charge in [0, 0.05) is 11.9 Å². The summed E-state index contributed by atoms with van der Waals surface area (Å²) in [7, 11) is 0. The van der Waals surface area contributed by atoms with Gasteiger partial charge in [0.25, 0.3) is 0 Å². The van der Waals surface area contributed by atoms with Crippen molar-refractivity contribution in [2.24, 2.45) is 0 Å². The Hall–Kier alpha value is -2.23. The third kappa shape index (κ3) is 5.63. The number of anilines is 1. The Bertz CT molecular complexity index is 826. The average molecular weight is 456 g/mol. The lowest BCUT2D eigenvalue weighted by atomic mass is 10.2. The Balaban J connectivity index is 2.52. The highest BCUT2D eigenvalue weighted by Gasteiger charge is 2.35. The van der Waals surface area contributed by atoms with Crippen molar-refractivity contribution in [1.29, 1.82) is 0 Å². The van der Waals surface area contributed by atoms with Crippen molar-refractivity contribution in [3.63, 3.8) is 0 Å². The third-order valence-electron chi connectivity index (χ3n) is 3.28. The normalized spacial score (nSPS) is 12.1. The number of aromatic nitrogens is 4. The van der Waals surface area contributed by atoms with Gasteiger partial charge in [0.2, 0.25) is 0 Å². The van der Waals surface area contributed by atoms with Crippen molar-refractivity contribution in [3.05, 3.63) is 12.7 Å². The van der Waals surface area contributed by atoms with Crippen LogP contribution in [0.4, 0.5) is 15.4 Å². The van der Waals surface area contributed by atoms with E-state index in [1.165, 1.54) is 6.33 Å². The van der Waals surface area contributed by atoms with Crippen molar-refractivity contribution in [2.75, 3.05) is 10.2 Å². The molecule has 28 heavy (non-hydrogen) atoms. The molecule has 2 aromatic rings. The fourth-order valence-electron chi connectivity index (χ4n) is 2.29. The van der Waals surface area contributed by atoms with Crippen LogP contribution in [0.1, 0.15) is 48.0 Å². The van der Waals surface area contributed by atoms with Crippen molar-refractivity contribution in [2.45, 2.75) is 65.7 Å². The molecule has 0 aliphatic heterocycles. The van der Waals surface area contributed by atoms with E-state index in [4.69, 9.17) is 9.47 Å². The zero-order valence-corrected chi connectivity index (χ0v) is 18.6. The first-order valence-corrected chi connectivity index (χ1v) is 10.0. The van der Waals surface area contributed by atoms with Gasteiger partial charge in [0.1, 0.15) is 17.5 Å². The van der Waals surface area contributed by atoms with Crippen LogP contribution in [-0.2, 0) is 16.0 Å². The Kier molecular flexibility index (Phi) is 6.63. The molecule has 0 radical (unpaired) electrons. The number of halogens is 1. The van der Waals surface area contributed by atoms with Gasteiger partial charge in [-0.05, 0) is 48.0 Å². The number of amides is 2. The van der Waals surface area contributed by atoms with Crippen LogP contribution in [0.5, 0.6) is 0 Å². The second-order valence-corrected chi connectivity index (χ2v) is 8.94. The highest BCUT2D eigenvalue weighted by molar-refractivity contribution is 9.09. The number of hydrogen-bond acceptors (Lipinski definition) is 7. The van der Waals surface area contributed by atoms with Gasteiger partial charge in [-0.1, -0.05) is 15.9 Å². The molecule has 0 atom stereocenters. The topological polar surface area (TPSA) is 99.4 Å². The van der Waals surface area contributed by atoms with E-state index in [0.29, 0.717) is 17.7 Å². The molecule has 2 aromatic heterocycles. The summed E-state index contributed by atoms with van der Waals surface area (Å²) in [5, 5.41) is 0.826. The van der Waals surface area contributed by atoms with Crippen LogP contribution in [0.15, 0.2) is 12.7 Å². The van der Waals surface area contributed by atoms with Crippen molar-refractivity contribution >= 4 is 45.1 Å². The third-order valence-corrected chi connectivity index (χ3v) is 3.84. The van der Waals surface area contributed by atoms with Gasteiger partial charge in [-0.25, -0.2) is 24.5 Å². The molecule has 9 nitrogen and oxygen atoms in total. The number of alkyl halides is 1. The van der Waals surface area contributed by atoms with Gasteiger partial charge in [-0.3, -0.25) is 0 Å². The van der Waals surface area contributed by atoms with Gasteiger partial charge in [-0.2, -0.15) is 4.90 Å². The molecule has 2 amide bonds. The van der Waals surface area contributed by atoms with E-state index >= 15 is 0 Å². The number of aryl methyl sites for hydroxylation is 1. The van der Waals surface area contributed by atoms with Gasteiger partial charge < -0.3 is 14.0 Å². The van der Waals surface area contributed by atoms with Crippen LogP contribution < -0.4 is 4.90 Å². The predicted molar refractivity (Wildman–Crippen MR) is 109 cm³/mol. The summed E-state index contributed by atoms with van der Waals surface area (Å²) in [6, 6.07) is 0. The molecule has 2 heterocycles. The molecule has 0 aliphatic rings. The van der Waals surface area contributed by atoms with Crippen LogP contribution in [0.25, 0.3) is 11.2 Å². The molecule has 2 rings (SSSR count). The standard InChI is InChI=1S/C18H26BrN5O4/c1-17(2,3)27-15(25)24(16(26)28-18(4,5)6)14-12-13(20-10-21-14)23(11-22-12)9-7-8-19/h10-11H,7-9H2,1-6H3. The SMILES string of the molecule is CC(C)(C)OC(=O)N(C(=O)OC(C)(C)C)c1ncnc2c1ncn2CCCBr. The smallest absolute Gasteiger partial charge is 0.425 e. The lowest BCUT2D eigenvalue weighted by Crippen LogP contribution is -2.44. The number of carbonyl (C=O) groups excluding carboxylic acids is 2. The second-order valence-electron chi connectivity index (χ2n) is 8.15. The lowest BCUT2D eigenvalue weighted by molar-refractivity contribution is 0.0429. The minimum absolute atomic E-state index is 0.0195. The van der Waals surface area contributed by atoms with Gasteiger partial charge in [0.05, 0.1) is 6.33 Å². The van der Waals surface area contributed by atoms with E-state index in [0.717, 1.165) is 16.7 Å². The highest BCUT2D eigenvalue weighted by atomic mass is 79.9. The molecule has 0 unspecified atom stereocenters. The summed E-state index contributed by atoms with van der Waals surface area (Å²) in [6.07, 6.45) is 1.97. The van der Waals surface area contributed by atoms with E-state index in [9.17, 15) is 9.59 Å². The summed E-state index contributed by atoms with van der Waals surface area (Å²) in [5.74, 6) is 0.0195. The maximum atomic E-state index is 12.8. The fraction of sp³-hybridized carbons (Fsp3) is 0.611. The fourth-order valence-corrected chi connectivity index (χ4v) is 2.54. The van der Waals surface area contributed by atoms with E-state index in [2.05, 4.69) is 30.9 Å². The Morgan fingerprint density at radius 3 is 2.11 bits per heavy atom. The Labute approximate surface area is 172 Å². The van der Waals surface area contributed by atoms with Crippen molar-refractivity contribution in [3.8, 4) is 0 Å². The van der Waals surface area contributed by atoms with Crippen LogP contribution in [-0.4, -0.2) is 48.2 Å². The number of hydrogen-bond donors (Lipinski definition) is 0. The maximum Gasteiger partial charge on any atom is 0.425 e. The first-order chi connectivity index (χ1) is 12.9. The molecule has 0 N–H and O–H groups in total. The largest absolute Gasteiger partial charge is 0.443 e. The van der Waals surface area contributed by atoms with Crippen LogP contribution in [0.2, 0.25) is 0 Å². The molecule has 0 bridgehead atoms. The number of nitrogens with zero attached hydrogens (tertiary/aromatic N) is 5. The summed E-state index contributed by atoms with van der Waals surface area (Å²) in [4.78, 5) is 39.1. The average Bonchev–Trinajstić information content (AvgIpc) is 2.93. The molecule has 0 spiro atoms. The van der Waals surface area contributed by atoms with Gasteiger partial charge in [-0.15, -0.1) is 0 Å². The number of ether oxygens (including phenoxy) is 2. The minimum atomic E-state index is -0.892. The van der Waals surface area contributed by atoms with E-state index in [1.54, 1.807) is 47.9 Å². The molecule has 154 valence electrons. The molecule has 0 saturated carbocycles. The van der Waals surface area contributed by atoms with Crippen LogP contribution >= 0.6 is 15.9 Å². The van der Waals surface area contributed by atoms with Gasteiger partial charge >= 0.3 is 12.2 Å². The summed E-state index contributed by atoms with van der Waals surface area (Å²) < 4.78 is 12.6. The monoisotopic (exact) mass is 455 g/mol. The Morgan fingerprint density at radius 1 is 1.04 bits per heavy atom. The molecule has 0 aromatic carbocycles. The van der Waals surface area contributed by atoms with Crippen molar-refractivity contribution in [1.82, 2.24) is 19.5 Å². The molecule has 0 aliphatic carbocycles. The second kappa shape index (κ2) is 8.42. The van der Waals surface area contributed by atoms with E-state index < -0.39 is 23.4 Å². The zero-order chi connectivity index (χ0) is 21.1. The lowest BCUT2D eigenvalue weighted by Gasteiger charge is -2.28. The first-order valence-electron chi connectivity index (χ1n) is 8.91. The quantitative estimate of drug-likeness (QED) is 0.633. The van der Waals surface area contributed by atoms with Gasteiger partial charge in [0.15, 0.2) is 17.0 Å². The summed E-state index contributed by atoms with van der Waals surface area (Å²) in [6.45, 7) is 10.9. The molecule has 0 fully saturated rings. The predicted octanol–water partition coefficient (Wildman–Crippen LogP) is 4.29. The van der Waals surface area contributed by atoms with Crippen molar-refractivity contribution < 1.29 is 19.1 Å². The maximum absolute atomic E-state index is 12.8. The number of imide groups is 1. The number of rotatable bonds is 4. The summed E-state index contributed by atoms with van der Waals surface area (Å²) >= 11 is 3.39. The molecule has 0 saturated heterocycles. The first kappa shape index (κ1) is 22.1. The summed E-state index contributed by atoms with van der Waals surface area (Å²) in [5.41, 5.74) is -0.783. The van der Waals surface area contributed by atoms with E-state index in [1.807, 2.05) is 4.57 Å². The molecular formula is C18H26BrN5O4. The zero-order valence-electron chi connectivity index (χ0n) is 17.0. The van der Waals surface area contributed by atoms with E-state index in [-0.39, 0.29) is 5.82 Å².